The van der Waals surface area contributed by atoms with Crippen molar-refractivity contribution < 1.29 is 19.8 Å². The summed E-state index contributed by atoms with van der Waals surface area (Å²) in [6.07, 6.45) is 2.00. The molecule has 1 fully saturated rings. The standard InChI is InChI=1S/C28H38N2O4/c1-19(2)25(29-26(32)13-10-21-8-11-24(31)12-9-21)18-30-15-14-28(4,20(3)17-30)23-7-5-6-22(16-23)27(33)34/h5-9,11-12,16,19-20,25,31H,10,13-15,17-18H2,1-4H3,(H,29,32)(H,33,34)/t20-,25?,28+/m0/s1. The molecule has 2 aromatic rings. The van der Waals surface area contributed by atoms with Crippen molar-refractivity contribution in [2.24, 2.45) is 11.8 Å². The lowest BCUT2D eigenvalue weighted by Crippen LogP contribution is -2.53. The van der Waals surface area contributed by atoms with E-state index in [9.17, 15) is 19.8 Å². The van der Waals surface area contributed by atoms with Gasteiger partial charge in [0.2, 0.25) is 5.91 Å². The van der Waals surface area contributed by atoms with E-state index in [-0.39, 0.29) is 23.1 Å². The fourth-order valence-corrected chi connectivity index (χ4v) is 4.82. The molecule has 0 saturated carbocycles. The largest absolute Gasteiger partial charge is 0.508 e. The van der Waals surface area contributed by atoms with E-state index in [1.54, 1.807) is 18.2 Å². The molecule has 184 valence electrons. The summed E-state index contributed by atoms with van der Waals surface area (Å²) in [5.41, 5.74) is 2.37. The number of aromatic carboxylic acids is 1. The number of aryl methyl sites for hydroxylation is 1. The van der Waals surface area contributed by atoms with Crippen LogP contribution in [-0.2, 0) is 16.6 Å². The molecule has 0 spiro atoms. The fourth-order valence-electron chi connectivity index (χ4n) is 4.82. The van der Waals surface area contributed by atoms with Crippen LogP contribution in [0.15, 0.2) is 48.5 Å². The average molecular weight is 467 g/mol. The van der Waals surface area contributed by atoms with Crippen LogP contribution < -0.4 is 5.32 Å². The summed E-state index contributed by atoms with van der Waals surface area (Å²) in [6, 6.07) is 14.4. The van der Waals surface area contributed by atoms with E-state index in [2.05, 4.69) is 37.9 Å². The number of hydrogen-bond donors (Lipinski definition) is 3. The Morgan fingerprint density at radius 2 is 1.88 bits per heavy atom. The maximum absolute atomic E-state index is 12.7. The molecule has 6 heteroatoms. The number of amides is 1. The van der Waals surface area contributed by atoms with Gasteiger partial charge in [-0.25, -0.2) is 4.79 Å². The second-order valence-electron chi connectivity index (χ2n) is 10.3. The number of carbonyl (C=O) groups excluding carboxylic acids is 1. The zero-order valence-corrected chi connectivity index (χ0v) is 20.8. The third-order valence-electron chi connectivity index (χ3n) is 7.52. The van der Waals surface area contributed by atoms with E-state index in [1.807, 2.05) is 30.3 Å². The number of aromatic hydroxyl groups is 1. The molecule has 0 aliphatic carbocycles. The third kappa shape index (κ3) is 6.38. The Hall–Kier alpha value is -2.86. The van der Waals surface area contributed by atoms with Gasteiger partial charge in [0.05, 0.1) is 5.56 Å². The van der Waals surface area contributed by atoms with Gasteiger partial charge in [-0.2, -0.15) is 0 Å². The lowest BCUT2D eigenvalue weighted by molar-refractivity contribution is -0.122. The number of benzene rings is 2. The molecule has 1 heterocycles. The lowest BCUT2D eigenvalue weighted by Gasteiger charge is -2.46. The second-order valence-corrected chi connectivity index (χ2v) is 10.3. The quantitative estimate of drug-likeness (QED) is 0.508. The number of carboxylic acid groups (broad SMARTS) is 1. The SMILES string of the molecule is CC(C)C(CN1CC[C@@](C)(c2cccc(C(=O)O)c2)[C@@H](C)C1)NC(=O)CCc1ccc(O)cc1. The van der Waals surface area contributed by atoms with Crippen LogP contribution in [-0.4, -0.2) is 52.7 Å². The van der Waals surface area contributed by atoms with E-state index in [1.165, 1.54) is 0 Å². The van der Waals surface area contributed by atoms with Gasteiger partial charge >= 0.3 is 5.97 Å². The van der Waals surface area contributed by atoms with Crippen LogP contribution >= 0.6 is 0 Å². The first-order chi connectivity index (χ1) is 16.1. The summed E-state index contributed by atoms with van der Waals surface area (Å²) >= 11 is 0. The molecule has 1 unspecified atom stereocenters. The van der Waals surface area contributed by atoms with Gasteiger partial charge in [-0.1, -0.05) is 52.0 Å². The molecule has 0 radical (unpaired) electrons. The van der Waals surface area contributed by atoms with Gasteiger partial charge in [-0.3, -0.25) is 4.79 Å². The monoisotopic (exact) mass is 466 g/mol. The number of likely N-dealkylation sites (tertiary alicyclic amines) is 1. The Bertz CT molecular complexity index is 988. The van der Waals surface area contributed by atoms with Crippen LogP contribution in [0.1, 0.15) is 62.0 Å². The Labute approximate surface area is 203 Å². The highest BCUT2D eigenvalue weighted by atomic mass is 16.4. The second kappa shape index (κ2) is 11.0. The predicted octanol–water partition coefficient (Wildman–Crippen LogP) is 4.46. The van der Waals surface area contributed by atoms with Gasteiger partial charge in [-0.15, -0.1) is 0 Å². The third-order valence-corrected chi connectivity index (χ3v) is 7.52. The zero-order chi connectivity index (χ0) is 24.9. The molecule has 1 aliphatic heterocycles. The number of nitrogens with zero attached hydrogens (tertiary/aromatic N) is 1. The minimum atomic E-state index is -0.892. The summed E-state index contributed by atoms with van der Waals surface area (Å²) in [6.45, 7) is 11.4. The minimum absolute atomic E-state index is 0.0483. The van der Waals surface area contributed by atoms with Crippen molar-refractivity contribution in [3.8, 4) is 5.75 Å². The number of piperidine rings is 1. The van der Waals surface area contributed by atoms with Gasteiger partial charge in [0.1, 0.15) is 5.75 Å². The molecular formula is C28H38N2O4. The van der Waals surface area contributed by atoms with Crippen LogP contribution in [0.3, 0.4) is 0 Å². The summed E-state index contributed by atoms with van der Waals surface area (Å²) in [5, 5.41) is 22.0. The fraction of sp³-hybridized carbons (Fsp3) is 0.500. The lowest BCUT2D eigenvalue weighted by atomic mass is 9.67. The molecule has 0 bridgehead atoms. The molecule has 6 nitrogen and oxygen atoms in total. The Balaban J connectivity index is 1.57. The average Bonchev–Trinajstić information content (AvgIpc) is 2.80. The molecule has 3 atom stereocenters. The molecule has 2 aromatic carbocycles. The molecule has 34 heavy (non-hydrogen) atoms. The van der Waals surface area contributed by atoms with Crippen molar-refractivity contribution in [1.29, 1.82) is 0 Å². The maximum atomic E-state index is 12.7. The van der Waals surface area contributed by atoms with Crippen molar-refractivity contribution in [3.63, 3.8) is 0 Å². The number of carboxylic acids is 1. The molecule has 1 saturated heterocycles. The van der Waals surface area contributed by atoms with E-state index >= 15 is 0 Å². The van der Waals surface area contributed by atoms with Crippen LogP contribution in [0, 0.1) is 11.8 Å². The van der Waals surface area contributed by atoms with E-state index in [0.717, 1.165) is 37.2 Å². The Morgan fingerprint density at radius 1 is 1.18 bits per heavy atom. The maximum Gasteiger partial charge on any atom is 0.335 e. The smallest absolute Gasteiger partial charge is 0.335 e. The molecule has 0 aromatic heterocycles. The van der Waals surface area contributed by atoms with Crippen LogP contribution in [0.25, 0.3) is 0 Å². The van der Waals surface area contributed by atoms with Crippen LogP contribution in [0.4, 0.5) is 0 Å². The zero-order valence-electron chi connectivity index (χ0n) is 20.8. The topological polar surface area (TPSA) is 89.9 Å². The van der Waals surface area contributed by atoms with Crippen LogP contribution in [0.5, 0.6) is 5.75 Å². The van der Waals surface area contributed by atoms with Crippen molar-refractivity contribution in [3.05, 3.63) is 65.2 Å². The van der Waals surface area contributed by atoms with Gasteiger partial charge in [0, 0.05) is 25.6 Å². The van der Waals surface area contributed by atoms with Crippen LogP contribution in [0.2, 0.25) is 0 Å². The first-order valence-electron chi connectivity index (χ1n) is 12.2. The van der Waals surface area contributed by atoms with Crippen molar-refractivity contribution in [1.82, 2.24) is 10.2 Å². The van der Waals surface area contributed by atoms with Gasteiger partial charge in [-0.05, 0) is 72.0 Å². The summed E-state index contributed by atoms with van der Waals surface area (Å²) in [4.78, 5) is 26.5. The number of phenols is 1. The summed E-state index contributed by atoms with van der Waals surface area (Å²) in [7, 11) is 0. The van der Waals surface area contributed by atoms with Gasteiger partial charge in [0.25, 0.3) is 0 Å². The minimum Gasteiger partial charge on any atom is -0.508 e. The first-order valence-corrected chi connectivity index (χ1v) is 12.2. The summed E-state index contributed by atoms with van der Waals surface area (Å²) < 4.78 is 0. The molecule has 3 N–H and O–H groups in total. The molecular weight excluding hydrogens is 428 g/mol. The highest BCUT2D eigenvalue weighted by molar-refractivity contribution is 5.87. The van der Waals surface area contributed by atoms with Gasteiger partial charge in [0.15, 0.2) is 0 Å². The number of rotatable bonds is 9. The Kier molecular flexibility index (Phi) is 8.37. The summed E-state index contributed by atoms with van der Waals surface area (Å²) in [5.74, 6) is 0.0509. The highest BCUT2D eigenvalue weighted by Gasteiger charge is 2.39. The van der Waals surface area contributed by atoms with Gasteiger partial charge < -0.3 is 20.4 Å². The normalized spacial score (nSPS) is 21.9. The van der Waals surface area contributed by atoms with Crippen molar-refractivity contribution >= 4 is 11.9 Å². The van der Waals surface area contributed by atoms with E-state index in [4.69, 9.17) is 0 Å². The number of carbonyl (C=O) groups is 2. The van der Waals surface area contributed by atoms with E-state index in [0.29, 0.717) is 30.2 Å². The number of hydrogen-bond acceptors (Lipinski definition) is 4. The predicted molar refractivity (Wildman–Crippen MR) is 134 cm³/mol. The first kappa shape index (κ1) is 25.8. The van der Waals surface area contributed by atoms with Crippen molar-refractivity contribution in [2.75, 3.05) is 19.6 Å². The number of nitrogens with one attached hydrogen (secondary N) is 1. The highest BCUT2D eigenvalue weighted by Crippen LogP contribution is 2.39. The van der Waals surface area contributed by atoms with Crippen molar-refractivity contribution in [2.45, 2.75) is 58.4 Å². The number of phenolic OH excluding ortho intramolecular Hbond substituents is 1. The molecule has 3 rings (SSSR count). The van der Waals surface area contributed by atoms with E-state index < -0.39 is 5.97 Å². The Morgan fingerprint density at radius 3 is 2.50 bits per heavy atom. The molecule has 1 amide bonds. The molecule has 1 aliphatic rings.